The Bertz CT molecular complexity index is 802. The van der Waals surface area contributed by atoms with Crippen LogP contribution in [0.2, 0.25) is 5.15 Å². The Morgan fingerprint density at radius 1 is 1.45 bits per heavy atom. The highest BCUT2D eigenvalue weighted by molar-refractivity contribution is 7.13. The van der Waals surface area contributed by atoms with Crippen molar-refractivity contribution in [3.8, 4) is 10.7 Å². The molecule has 0 aliphatic heterocycles. The second-order valence-electron chi connectivity index (χ2n) is 4.23. The summed E-state index contributed by atoms with van der Waals surface area (Å²) in [4.78, 5) is 16.7. The van der Waals surface area contributed by atoms with Crippen LogP contribution < -0.4 is 11.1 Å². The molecular formula is C12H10ClN7OS. The van der Waals surface area contributed by atoms with E-state index in [1.54, 1.807) is 11.3 Å². The van der Waals surface area contributed by atoms with E-state index in [9.17, 15) is 4.79 Å². The number of primary amides is 1. The summed E-state index contributed by atoms with van der Waals surface area (Å²) < 4.78 is 0. The topological polar surface area (TPSA) is 122 Å². The van der Waals surface area contributed by atoms with Crippen molar-refractivity contribution >= 4 is 34.7 Å². The molecule has 3 rings (SSSR count). The van der Waals surface area contributed by atoms with E-state index < -0.39 is 5.91 Å². The number of nitrogens with zero attached hydrogens (tertiary/aromatic N) is 4. The monoisotopic (exact) mass is 335 g/mol. The van der Waals surface area contributed by atoms with Gasteiger partial charge in [0.2, 0.25) is 0 Å². The standard InChI is InChI=1S/C12H10ClN7OS/c13-8-4-6(10(14)21)11(19-17-8)15-5-9-16-12(20-18-9)7-2-1-3-22-7/h1-4H,5H2,(H2,14,21)(H,15,19)(H,16,18,20). The van der Waals surface area contributed by atoms with Crippen LogP contribution in [0.25, 0.3) is 10.7 Å². The average molecular weight is 336 g/mol. The number of hydrogen-bond acceptors (Lipinski definition) is 7. The van der Waals surface area contributed by atoms with Crippen molar-refractivity contribution in [1.29, 1.82) is 0 Å². The molecule has 0 aliphatic rings. The number of H-pyrrole nitrogens is 1. The van der Waals surface area contributed by atoms with Gasteiger partial charge in [0.05, 0.1) is 17.0 Å². The number of aromatic nitrogens is 5. The SMILES string of the molecule is NC(=O)c1cc(Cl)nnc1NCc1nc(-c2cccs2)n[nH]1. The highest BCUT2D eigenvalue weighted by atomic mass is 35.5. The minimum atomic E-state index is -0.642. The van der Waals surface area contributed by atoms with Gasteiger partial charge >= 0.3 is 0 Å². The molecule has 0 spiro atoms. The first-order valence-corrected chi connectivity index (χ1v) is 7.41. The maximum Gasteiger partial charge on any atom is 0.252 e. The largest absolute Gasteiger partial charge is 0.365 e. The van der Waals surface area contributed by atoms with E-state index in [4.69, 9.17) is 17.3 Å². The fraction of sp³-hybridized carbons (Fsp3) is 0.0833. The van der Waals surface area contributed by atoms with Crippen LogP contribution in [0.4, 0.5) is 5.82 Å². The molecule has 3 aromatic heterocycles. The molecule has 0 atom stereocenters. The molecule has 0 fully saturated rings. The third kappa shape index (κ3) is 3.05. The molecule has 1 amide bonds. The number of carbonyl (C=O) groups is 1. The number of aromatic amines is 1. The molecule has 4 N–H and O–H groups in total. The molecule has 22 heavy (non-hydrogen) atoms. The summed E-state index contributed by atoms with van der Waals surface area (Å²) in [5.41, 5.74) is 5.45. The molecule has 0 saturated carbocycles. The summed E-state index contributed by atoms with van der Waals surface area (Å²) in [5, 5.41) is 19.4. The van der Waals surface area contributed by atoms with E-state index in [0.29, 0.717) is 11.6 Å². The highest BCUT2D eigenvalue weighted by Crippen LogP contribution is 2.20. The summed E-state index contributed by atoms with van der Waals surface area (Å²) in [6.07, 6.45) is 0. The van der Waals surface area contributed by atoms with Gasteiger partial charge in [0, 0.05) is 0 Å². The van der Waals surface area contributed by atoms with Crippen molar-refractivity contribution in [2.45, 2.75) is 6.54 Å². The molecule has 0 unspecified atom stereocenters. The van der Waals surface area contributed by atoms with Crippen molar-refractivity contribution in [3.05, 3.63) is 40.1 Å². The fourth-order valence-corrected chi connectivity index (χ4v) is 2.55. The van der Waals surface area contributed by atoms with E-state index in [2.05, 4.69) is 30.7 Å². The minimum absolute atomic E-state index is 0.0963. The molecule has 10 heteroatoms. The van der Waals surface area contributed by atoms with E-state index in [1.807, 2.05) is 17.5 Å². The Morgan fingerprint density at radius 2 is 2.32 bits per heavy atom. The first-order valence-electron chi connectivity index (χ1n) is 6.15. The molecular weight excluding hydrogens is 326 g/mol. The smallest absolute Gasteiger partial charge is 0.252 e. The second kappa shape index (κ2) is 6.08. The van der Waals surface area contributed by atoms with E-state index in [1.165, 1.54) is 6.07 Å². The summed E-state index contributed by atoms with van der Waals surface area (Å²) >= 11 is 7.25. The van der Waals surface area contributed by atoms with Gasteiger partial charge in [-0.3, -0.25) is 9.89 Å². The zero-order valence-corrected chi connectivity index (χ0v) is 12.6. The molecule has 0 radical (unpaired) electrons. The Morgan fingerprint density at radius 3 is 3.05 bits per heavy atom. The first-order chi connectivity index (χ1) is 10.6. The summed E-state index contributed by atoms with van der Waals surface area (Å²) in [7, 11) is 0. The molecule has 112 valence electrons. The number of anilines is 1. The van der Waals surface area contributed by atoms with E-state index in [0.717, 1.165) is 4.88 Å². The van der Waals surface area contributed by atoms with Gasteiger partial charge in [-0.15, -0.1) is 21.5 Å². The lowest BCUT2D eigenvalue weighted by Gasteiger charge is -2.06. The van der Waals surface area contributed by atoms with Gasteiger partial charge in [0.25, 0.3) is 5.91 Å². The van der Waals surface area contributed by atoms with Gasteiger partial charge < -0.3 is 11.1 Å². The Hall–Kier alpha value is -2.52. The number of nitrogens with one attached hydrogen (secondary N) is 2. The normalized spacial score (nSPS) is 10.6. The van der Waals surface area contributed by atoms with Crippen LogP contribution in [-0.2, 0) is 6.54 Å². The number of halogens is 1. The quantitative estimate of drug-likeness (QED) is 0.652. The molecule has 8 nitrogen and oxygen atoms in total. The molecule has 3 aromatic rings. The first kappa shape index (κ1) is 14.4. The van der Waals surface area contributed by atoms with Gasteiger partial charge in [-0.25, -0.2) is 4.98 Å². The molecule has 0 aromatic carbocycles. The number of rotatable bonds is 5. The van der Waals surface area contributed by atoms with Crippen LogP contribution >= 0.6 is 22.9 Å². The van der Waals surface area contributed by atoms with Crippen LogP contribution in [0.15, 0.2) is 23.6 Å². The molecule has 0 bridgehead atoms. The molecule has 3 heterocycles. The van der Waals surface area contributed by atoms with E-state index in [-0.39, 0.29) is 23.1 Å². The average Bonchev–Trinajstić information content (AvgIpc) is 3.16. The van der Waals surface area contributed by atoms with Crippen molar-refractivity contribution < 1.29 is 4.79 Å². The van der Waals surface area contributed by atoms with Gasteiger partial charge in [-0.05, 0) is 17.5 Å². The zero-order chi connectivity index (χ0) is 15.5. The van der Waals surface area contributed by atoms with Gasteiger partial charge in [0.15, 0.2) is 16.8 Å². The van der Waals surface area contributed by atoms with Crippen molar-refractivity contribution in [1.82, 2.24) is 25.4 Å². The highest BCUT2D eigenvalue weighted by Gasteiger charge is 2.13. The predicted octanol–water partition coefficient (Wildman–Crippen LogP) is 1.69. The Balaban J connectivity index is 1.74. The zero-order valence-electron chi connectivity index (χ0n) is 11.1. The Kier molecular flexibility index (Phi) is 3.98. The third-order valence-electron chi connectivity index (χ3n) is 2.73. The van der Waals surface area contributed by atoms with Crippen molar-refractivity contribution in [3.63, 3.8) is 0 Å². The fourth-order valence-electron chi connectivity index (χ4n) is 1.74. The van der Waals surface area contributed by atoms with Crippen LogP contribution in [0.5, 0.6) is 0 Å². The second-order valence-corrected chi connectivity index (χ2v) is 5.57. The lowest BCUT2D eigenvalue weighted by Crippen LogP contribution is -2.16. The van der Waals surface area contributed by atoms with Crippen LogP contribution in [-0.4, -0.2) is 31.3 Å². The number of nitrogens with two attached hydrogens (primary N) is 1. The molecule has 0 saturated heterocycles. The summed E-state index contributed by atoms with van der Waals surface area (Å²) in [5.74, 6) is 0.807. The minimum Gasteiger partial charge on any atom is -0.365 e. The summed E-state index contributed by atoms with van der Waals surface area (Å²) in [6, 6.07) is 5.22. The number of thiophene rings is 1. The predicted molar refractivity (Wildman–Crippen MR) is 82.6 cm³/mol. The van der Waals surface area contributed by atoms with Crippen LogP contribution in [0, 0.1) is 0 Å². The van der Waals surface area contributed by atoms with Crippen molar-refractivity contribution in [2.75, 3.05) is 5.32 Å². The lowest BCUT2D eigenvalue weighted by molar-refractivity contribution is 0.100. The maximum absolute atomic E-state index is 11.4. The Labute approximate surface area is 133 Å². The van der Waals surface area contributed by atoms with Gasteiger partial charge in [-0.2, -0.15) is 5.10 Å². The van der Waals surface area contributed by atoms with Crippen LogP contribution in [0.3, 0.4) is 0 Å². The van der Waals surface area contributed by atoms with Gasteiger partial charge in [0.1, 0.15) is 5.82 Å². The third-order valence-corrected chi connectivity index (χ3v) is 3.78. The number of amides is 1. The van der Waals surface area contributed by atoms with Crippen LogP contribution in [0.1, 0.15) is 16.2 Å². The molecule has 0 aliphatic carbocycles. The summed E-state index contributed by atoms with van der Waals surface area (Å²) in [6.45, 7) is 0.287. The van der Waals surface area contributed by atoms with Crippen molar-refractivity contribution in [2.24, 2.45) is 5.73 Å². The maximum atomic E-state index is 11.4. The van der Waals surface area contributed by atoms with Gasteiger partial charge in [-0.1, -0.05) is 17.7 Å². The number of hydrogen-bond donors (Lipinski definition) is 3. The lowest BCUT2D eigenvalue weighted by atomic mass is 10.2. The van der Waals surface area contributed by atoms with E-state index >= 15 is 0 Å². The number of carbonyl (C=O) groups excluding carboxylic acids is 1.